The molecule has 3 N–H and O–H groups in total. The van der Waals surface area contributed by atoms with Gasteiger partial charge in [0.15, 0.2) is 0 Å². The van der Waals surface area contributed by atoms with Crippen molar-refractivity contribution in [1.29, 1.82) is 0 Å². The summed E-state index contributed by atoms with van der Waals surface area (Å²) in [5.74, 6) is 0.792. The molecule has 0 bridgehead atoms. The first kappa shape index (κ1) is 12.7. The van der Waals surface area contributed by atoms with Crippen LogP contribution in [0.1, 0.15) is 30.9 Å². The van der Waals surface area contributed by atoms with E-state index in [1.54, 1.807) is 0 Å². The van der Waals surface area contributed by atoms with E-state index < -0.39 is 0 Å². The zero-order chi connectivity index (χ0) is 13.1. The highest BCUT2D eigenvalue weighted by Gasteiger charge is 2.20. The van der Waals surface area contributed by atoms with Gasteiger partial charge in [0, 0.05) is 23.1 Å². The molecule has 2 heterocycles. The zero-order valence-electron chi connectivity index (χ0n) is 11.6. The second-order valence-electron chi connectivity index (χ2n) is 5.58. The molecule has 102 valence electrons. The second kappa shape index (κ2) is 5.76. The molecule has 0 radical (unpaired) electrons. The van der Waals surface area contributed by atoms with Gasteiger partial charge in [-0.15, -0.1) is 0 Å². The number of fused-ring (bicyclic) bond motifs is 1. The average molecular weight is 257 g/mol. The lowest BCUT2D eigenvalue weighted by molar-refractivity contribution is 0.322. The van der Waals surface area contributed by atoms with Gasteiger partial charge in [0.05, 0.1) is 0 Å². The molecule has 0 amide bonds. The molecule has 1 aliphatic rings. The van der Waals surface area contributed by atoms with E-state index >= 15 is 0 Å². The number of benzene rings is 1. The SMILES string of the molecule is CNC(CC1CCCNC1)c1c[nH]c2ccccc12. The number of rotatable bonds is 4. The van der Waals surface area contributed by atoms with E-state index in [1.807, 2.05) is 0 Å². The molecule has 3 nitrogen and oxygen atoms in total. The van der Waals surface area contributed by atoms with Gasteiger partial charge in [-0.05, 0) is 56.9 Å². The Morgan fingerprint density at radius 2 is 2.26 bits per heavy atom. The van der Waals surface area contributed by atoms with E-state index in [9.17, 15) is 0 Å². The Hall–Kier alpha value is -1.32. The number of nitrogens with one attached hydrogen (secondary N) is 3. The first-order chi connectivity index (χ1) is 9.38. The van der Waals surface area contributed by atoms with E-state index in [0.29, 0.717) is 6.04 Å². The minimum atomic E-state index is 0.445. The Morgan fingerprint density at radius 3 is 3.05 bits per heavy atom. The van der Waals surface area contributed by atoms with E-state index in [4.69, 9.17) is 0 Å². The van der Waals surface area contributed by atoms with Gasteiger partial charge in [0.25, 0.3) is 0 Å². The van der Waals surface area contributed by atoms with Gasteiger partial charge in [-0.1, -0.05) is 18.2 Å². The number of H-pyrrole nitrogens is 1. The number of aromatic nitrogens is 1. The fourth-order valence-corrected chi connectivity index (χ4v) is 3.24. The molecule has 2 unspecified atom stereocenters. The lowest BCUT2D eigenvalue weighted by atomic mass is 9.89. The molecule has 0 aliphatic carbocycles. The van der Waals surface area contributed by atoms with Crippen LogP contribution in [0.5, 0.6) is 0 Å². The van der Waals surface area contributed by atoms with Gasteiger partial charge in [-0.2, -0.15) is 0 Å². The Bertz CT molecular complexity index is 526. The molecular formula is C16H23N3. The molecule has 2 atom stereocenters. The number of aromatic amines is 1. The van der Waals surface area contributed by atoms with E-state index in [1.165, 1.54) is 48.8 Å². The molecule has 19 heavy (non-hydrogen) atoms. The van der Waals surface area contributed by atoms with Crippen molar-refractivity contribution in [2.45, 2.75) is 25.3 Å². The standard InChI is InChI=1S/C16H23N3/c1-17-16(9-12-5-4-8-18-10-12)14-11-19-15-7-3-2-6-13(14)15/h2-3,6-7,11-12,16-19H,4-5,8-10H2,1H3. The monoisotopic (exact) mass is 257 g/mol. The fraction of sp³-hybridized carbons (Fsp3) is 0.500. The summed E-state index contributed by atoms with van der Waals surface area (Å²) in [5, 5.41) is 8.36. The summed E-state index contributed by atoms with van der Waals surface area (Å²) < 4.78 is 0. The second-order valence-corrected chi connectivity index (χ2v) is 5.58. The van der Waals surface area contributed by atoms with Crippen molar-refractivity contribution in [2.75, 3.05) is 20.1 Å². The van der Waals surface area contributed by atoms with Crippen LogP contribution in [-0.2, 0) is 0 Å². The van der Waals surface area contributed by atoms with Crippen LogP contribution in [0.3, 0.4) is 0 Å². The Labute approximate surface area is 114 Å². The molecule has 1 aliphatic heterocycles. The van der Waals surface area contributed by atoms with E-state index in [2.05, 4.69) is 53.1 Å². The highest BCUT2D eigenvalue weighted by molar-refractivity contribution is 5.83. The predicted molar refractivity (Wildman–Crippen MR) is 80.3 cm³/mol. The smallest absolute Gasteiger partial charge is 0.0457 e. The van der Waals surface area contributed by atoms with Crippen LogP contribution in [-0.4, -0.2) is 25.1 Å². The van der Waals surface area contributed by atoms with Crippen LogP contribution < -0.4 is 10.6 Å². The summed E-state index contributed by atoms with van der Waals surface area (Å²) in [5.41, 5.74) is 2.64. The normalized spacial score (nSPS) is 21.6. The largest absolute Gasteiger partial charge is 0.361 e. The van der Waals surface area contributed by atoms with Crippen LogP contribution in [0, 0.1) is 5.92 Å². The molecule has 1 fully saturated rings. The van der Waals surface area contributed by atoms with Crippen molar-refractivity contribution < 1.29 is 0 Å². The van der Waals surface area contributed by atoms with E-state index in [0.717, 1.165) is 5.92 Å². The van der Waals surface area contributed by atoms with Gasteiger partial charge in [-0.3, -0.25) is 0 Å². The molecule has 0 spiro atoms. The summed E-state index contributed by atoms with van der Waals surface area (Å²) in [4.78, 5) is 3.38. The van der Waals surface area contributed by atoms with Crippen molar-refractivity contribution in [3.63, 3.8) is 0 Å². The molecule has 1 aromatic heterocycles. The van der Waals surface area contributed by atoms with Crippen molar-refractivity contribution in [1.82, 2.24) is 15.6 Å². The lowest BCUT2D eigenvalue weighted by Crippen LogP contribution is -2.32. The molecular weight excluding hydrogens is 234 g/mol. The Balaban J connectivity index is 1.81. The predicted octanol–water partition coefficient (Wildman–Crippen LogP) is 2.82. The molecule has 0 saturated carbocycles. The highest BCUT2D eigenvalue weighted by Crippen LogP contribution is 2.30. The molecule has 3 rings (SSSR count). The van der Waals surface area contributed by atoms with Crippen LogP contribution in [0.25, 0.3) is 10.9 Å². The quantitative estimate of drug-likeness (QED) is 0.788. The number of hydrogen-bond donors (Lipinski definition) is 3. The van der Waals surface area contributed by atoms with Crippen LogP contribution in [0.2, 0.25) is 0 Å². The van der Waals surface area contributed by atoms with Gasteiger partial charge in [0.1, 0.15) is 0 Å². The first-order valence-electron chi connectivity index (χ1n) is 7.32. The van der Waals surface area contributed by atoms with Crippen molar-refractivity contribution in [2.24, 2.45) is 5.92 Å². The summed E-state index contributed by atoms with van der Waals surface area (Å²) in [6.45, 7) is 2.36. The summed E-state index contributed by atoms with van der Waals surface area (Å²) in [6, 6.07) is 9.01. The number of piperidine rings is 1. The lowest BCUT2D eigenvalue weighted by Gasteiger charge is -2.27. The van der Waals surface area contributed by atoms with Gasteiger partial charge < -0.3 is 15.6 Å². The maximum absolute atomic E-state index is 3.51. The minimum Gasteiger partial charge on any atom is -0.361 e. The molecule has 1 aromatic carbocycles. The number of hydrogen-bond acceptors (Lipinski definition) is 2. The van der Waals surface area contributed by atoms with Crippen molar-refractivity contribution in [3.8, 4) is 0 Å². The summed E-state index contributed by atoms with van der Waals surface area (Å²) in [7, 11) is 2.07. The summed E-state index contributed by atoms with van der Waals surface area (Å²) in [6.07, 6.45) is 6.05. The average Bonchev–Trinajstić information content (AvgIpc) is 2.90. The third-order valence-electron chi connectivity index (χ3n) is 4.31. The maximum atomic E-state index is 3.51. The summed E-state index contributed by atoms with van der Waals surface area (Å²) >= 11 is 0. The third-order valence-corrected chi connectivity index (χ3v) is 4.31. The molecule has 1 saturated heterocycles. The molecule has 2 aromatic rings. The van der Waals surface area contributed by atoms with Crippen LogP contribution >= 0.6 is 0 Å². The third kappa shape index (κ3) is 2.67. The van der Waals surface area contributed by atoms with Crippen LogP contribution in [0.15, 0.2) is 30.5 Å². The van der Waals surface area contributed by atoms with E-state index in [-0.39, 0.29) is 0 Å². The first-order valence-corrected chi connectivity index (χ1v) is 7.32. The van der Waals surface area contributed by atoms with Gasteiger partial charge in [-0.25, -0.2) is 0 Å². The van der Waals surface area contributed by atoms with Gasteiger partial charge >= 0.3 is 0 Å². The van der Waals surface area contributed by atoms with Crippen molar-refractivity contribution >= 4 is 10.9 Å². The Kier molecular flexibility index (Phi) is 3.85. The van der Waals surface area contributed by atoms with Crippen molar-refractivity contribution in [3.05, 3.63) is 36.0 Å². The topological polar surface area (TPSA) is 39.8 Å². The number of para-hydroxylation sites is 1. The fourth-order valence-electron chi connectivity index (χ4n) is 3.24. The highest BCUT2D eigenvalue weighted by atomic mass is 14.9. The molecule has 3 heteroatoms. The minimum absolute atomic E-state index is 0.445. The maximum Gasteiger partial charge on any atom is 0.0457 e. The van der Waals surface area contributed by atoms with Crippen LogP contribution in [0.4, 0.5) is 0 Å². The zero-order valence-corrected chi connectivity index (χ0v) is 11.6. The Morgan fingerprint density at radius 1 is 1.37 bits per heavy atom. The van der Waals surface area contributed by atoms with Gasteiger partial charge in [0.2, 0.25) is 0 Å².